The Morgan fingerprint density at radius 1 is 1.33 bits per heavy atom. The molecule has 3 nitrogen and oxygen atoms in total. The molecule has 1 aliphatic rings. The number of carboxylic acid groups (broad SMARTS) is 1. The van der Waals surface area contributed by atoms with E-state index in [-0.39, 0.29) is 11.2 Å². The minimum Gasteiger partial charge on any atom is -0.477 e. The maximum atomic E-state index is 10.9. The van der Waals surface area contributed by atoms with Crippen LogP contribution in [0.3, 0.4) is 0 Å². The molecule has 0 amide bonds. The molecule has 1 N–H and O–H groups in total. The number of aromatic carboxylic acids is 1. The highest BCUT2D eigenvalue weighted by molar-refractivity contribution is 7.14. The SMILES string of the molecule is CC1(C)OC(C)(C)c2sc(C(=O)O)cc21. The van der Waals surface area contributed by atoms with Gasteiger partial charge in [-0.1, -0.05) is 0 Å². The maximum absolute atomic E-state index is 10.9. The minimum atomic E-state index is -0.860. The summed E-state index contributed by atoms with van der Waals surface area (Å²) in [6.45, 7) is 7.89. The third-order valence-electron chi connectivity index (χ3n) is 2.65. The van der Waals surface area contributed by atoms with E-state index in [1.165, 1.54) is 11.3 Å². The lowest BCUT2D eigenvalue weighted by Crippen LogP contribution is -2.22. The summed E-state index contributed by atoms with van der Waals surface area (Å²) in [6.07, 6.45) is 0. The molecule has 2 heterocycles. The van der Waals surface area contributed by atoms with Crippen LogP contribution in [0.5, 0.6) is 0 Å². The lowest BCUT2D eigenvalue weighted by molar-refractivity contribution is -0.104. The predicted molar refractivity (Wildman–Crippen MR) is 58.4 cm³/mol. The van der Waals surface area contributed by atoms with Gasteiger partial charge in [-0.05, 0) is 33.8 Å². The van der Waals surface area contributed by atoms with Gasteiger partial charge in [0.25, 0.3) is 0 Å². The zero-order valence-electron chi connectivity index (χ0n) is 9.25. The third-order valence-corrected chi connectivity index (χ3v) is 4.08. The Bertz CT molecular complexity index is 398. The van der Waals surface area contributed by atoms with Crippen molar-refractivity contribution in [3.63, 3.8) is 0 Å². The summed E-state index contributed by atoms with van der Waals surface area (Å²) in [6, 6.07) is 1.73. The molecule has 0 saturated carbocycles. The first-order valence-electron chi connectivity index (χ1n) is 4.82. The lowest BCUT2D eigenvalue weighted by atomic mass is 9.98. The van der Waals surface area contributed by atoms with E-state index in [4.69, 9.17) is 9.84 Å². The van der Waals surface area contributed by atoms with E-state index in [9.17, 15) is 4.79 Å². The number of ether oxygens (including phenoxy) is 1. The fraction of sp³-hybridized carbons (Fsp3) is 0.545. The Balaban J connectivity index is 2.60. The number of fused-ring (bicyclic) bond motifs is 1. The molecule has 1 aliphatic heterocycles. The van der Waals surface area contributed by atoms with Crippen molar-refractivity contribution >= 4 is 17.3 Å². The van der Waals surface area contributed by atoms with Crippen LogP contribution in [0.25, 0.3) is 0 Å². The summed E-state index contributed by atoms with van der Waals surface area (Å²) in [4.78, 5) is 12.3. The molecule has 0 atom stereocenters. The maximum Gasteiger partial charge on any atom is 0.345 e. The summed E-state index contributed by atoms with van der Waals surface area (Å²) in [5.41, 5.74) is 0.246. The number of rotatable bonds is 1. The van der Waals surface area contributed by atoms with Crippen LogP contribution in [0.2, 0.25) is 0 Å². The van der Waals surface area contributed by atoms with Crippen molar-refractivity contribution in [3.8, 4) is 0 Å². The first kappa shape index (κ1) is 10.6. The van der Waals surface area contributed by atoms with Crippen molar-refractivity contribution < 1.29 is 14.6 Å². The highest BCUT2D eigenvalue weighted by Crippen LogP contribution is 2.50. The van der Waals surface area contributed by atoms with E-state index in [0.29, 0.717) is 4.88 Å². The normalized spacial score (nSPS) is 21.3. The quantitative estimate of drug-likeness (QED) is 0.800. The van der Waals surface area contributed by atoms with E-state index >= 15 is 0 Å². The molecule has 0 unspecified atom stereocenters. The van der Waals surface area contributed by atoms with Crippen LogP contribution in [0.4, 0.5) is 0 Å². The van der Waals surface area contributed by atoms with Gasteiger partial charge in [0.1, 0.15) is 4.88 Å². The average Bonchev–Trinajstić information content (AvgIpc) is 2.50. The zero-order chi connectivity index (χ0) is 11.4. The molecular formula is C11H14O3S. The third kappa shape index (κ3) is 1.48. The molecule has 1 aromatic rings. The first-order valence-corrected chi connectivity index (χ1v) is 5.64. The van der Waals surface area contributed by atoms with Gasteiger partial charge in [0.05, 0.1) is 11.2 Å². The van der Waals surface area contributed by atoms with Crippen molar-refractivity contribution in [2.75, 3.05) is 0 Å². The van der Waals surface area contributed by atoms with Gasteiger partial charge in [-0.25, -0.2) is 4.79 Å². The number of carboxylic acids is 1. The van der Waals surface area contributed by atoms with Crippen molar-refractivity contribution in [3.05, 3.63) is 21.4 Å². The molecule has 1 aromatic heterocycles. The second-order valence-electron chi connectivity index (χ2n) is 4.78. The van der Waals surface area contributed by atoms with Crippen molar-refractivity contribution in [2.24, 2.45) is 0 Å². The predicted octanol–water partition coefficient (Wildman–Crippen LogP) is 2.95. The van der Waals surface area contributed by atoms with Crippen molar-refractivity contribution in [2.45, 2.75) is 38.9 Å². The lowest BCUT2D eigenvalue weighted by Gasteiger charge is -2.25. The van der Waals surface area contributed by atoms with E-state index in [1.54, 1.807) is 6.07 Å². The molecule has 0 fully saturated rings. The molecule has 2 rings (SSSR count). The van der Waals surface area contributed by atoms with Gasteiger partial charge < -0.3 is 9.84 Å². The molecule has 0 aliphatic carbocycles. The molecule has 15 heavy (non-hydrogen) atoms. The van der Waals surface area contributed by atoms with Gasteiger partial charge in [-0.2, -0.15) is 0 Å². The highest BCUT2D eigenvalue weighted by Gasteiger charge is 2.45. The van der Waals surface area contributed by atoms with Gasteiger partial charge in [-0.15, -0.1) is 11.3 Å². The van der Waals surface area contributed by atoms with E-state index in [1.807, 2.05) is 27.7 Å². The van der Waals surface area contributed by atoms with Crippen LogP contribution in [0.1, 0.15) is 47.8 Å². The van der Waals surface area contributed by atoms with Crippen LogP contribution in [0.15, 0.2) is 6.07 Å². The average molecular weight is 226 g/mol. The Labute approximate surface area is 92.7 Å². The molecule has 4 heteroatoms. The van der Waals surface area contributed by atoms with Crippen LogP contribution in [0, 0.1) is 0 Å². The van der Waals surface area contributed by atoms with Gasteiger partial charge in [0, 0.05) is 10.4 Å². The van der Waals surface area contributed by atoms with Gasteiger partial charge in [0.2, 0.25) is 0 Å². The zero-order valence-corrected chi connectivity index (χ0v) is 10.1. The summed E-state index contributed by atoms with van der Waals surface area (Å²) >= 11 is 1.31. The number of carbonyl (C=O) groups is 1. The van der Waals surface area contributed by atoms with Crippen molar-refractivity contribution in [1.29, 1.82) is 0 Å². The summed E-state index contributed by atoms with van der Waals surface area (Å²) in [5, 5.41) is 8.95. The standard InChI is InChI=1S/C11H14O3S/c1-10(2)6-5-7(9(12)13)15-8(6)11(3,4)14-10/h5H,1-4H3,(H,12,13). The van der Waals surface area contributed by atoms with Gasteiger partial charge in [0.15, 0.2) is 0 Å². The second-order valence-corrected chi connectivity index (χ2v) is 5.83. The molecule has 0 bridgehead atoms. The molecule has 0 aromatic carbocycles. The summed E-state index contributed by atoms with van der Waals surface area (Å²) in [5.74, 6) is -0.860. The highest BCUT2D eigenvalue weighted by atomic mass is 32.1. The van der Waals surface area contributed by atoms with Crippen LogP contribution >= 0.6 is 11.3 Å². The Morgan fingerprint density at radius 2 is 1.93 bits per heavy atom. The Morgan fingerprint density at radius 3 is 2.40 bits per heavy atom. The fourth-order valence-corrected chi connectivity index (χ4v) is 3.32. The van der Waals surface area contributed by atoms with Crippen LogP contribution < -0.4 is 0 Å². The molecule has 0 spiro atoms. The summed E-state index contributed by atoms with van der Waals surface area (Å²) in [7, 11) is 0. The first-order chi connectivity index (χ1) is 6.74. The summed E-state index contributed by atoms with van der Waals surface area (Å²) < 4.78 is 5.90. The largest absolute Gasteiger partial charge is 0.477 e. The fourth-order valence-electron chi connectivity index (χ4n) is 2.13. The van der Waals surface area contributed by atoms with Crippen LogP contribution in [-0.2, 0) is 15.9 Å². The van der Waals surface area contributed by atoms with Gasteiger partial charge in [-0.3, -0.25) is 0 Å². The van der Waals surface area contributed by atoms with Crippen LogP contribution in [-0.4, -0.2) is 11.1 Å². The number of hydrogen-bond donors (Lipinski definition) is 1. The number of thiophene rings is 1. The Hall–Kier alpha value is -0.870. The van der Waals surface area contributed by atoms with E-state index in [0.717, 1.165) is 10.4 Å². The van der Waals surface area contributed by atoms with Crippen molar-refractivity contribution in [1.82, 2.24) is 0 Å². The molecular weight excluding hydrogens is 212 g/mol. The molecule has 0 radical (unpaired) electrons. The smallest absolute Gasteiger partial charge is 0.345 e. The van der Waals surface area contributed by atoms with E-state index < -0.39 is 5.97 Å². The van der Waals surface area contributed by atoms with E-state index in [2.05, 4.69) is 0 Å². The van der Waals surface area contributed by atoms with Gasteiger partial charge >= 0.3 is 5.97 Å². The Kier molecular flexibility index (Phi) is 2.01. The number of hydrogen-bond acceptors (Lipinski definition) is 3. The second kappa shape index (κ2) is 2.83. The monoisotopic (exact) mass is 226 g/mol. The molecule has 82 valence electrons. The molecule has 0 saturated heterocycles. The minimum absolute atomic E-state index is 0.378. The topological polar surface area (TPSA) is 46.5 Å².